The zero-order chi connectivity index (χ0) is 14.9. The summed E-state index contributed by atoms with van der Waals surface area (Å²) in [6, 6.07) is 8.27. The van der Waals surface area contributed by atoms with Crippen LogP contribution < -0.4 is 0 Å². The second kappa shape index (κ2) is 5.25. The van der Waals surface area contributed by atoms with Crippen molar-refractivity contribution in [2.75, 3.05) is 0 Å². The Labute approximate surface area is 113 Å². The van der Waals surface area contributed by atoms with Gasteiger partial charge >= 0.3 is 6.18 Å². The second-order valence-electron chi connectivity index (χ2n) is 4.55. The van der Waals surface area contributed by atoms with Gasteiger partial charge in [-0.2, -0.15) is 13.2 Å². The van der Waals surface area contributed by atoms with Crippen molar-refractivity contribution < 1.29 is 22.7 Å². The van der Waals surface area contributed by atoms with Crippen molar-refractivity contribution in [3.05, 3.63) is 70.5 Å². The van der Waals surface area contributed by atoms with Gasteiger partial charge in [-0.05, 0) is 30.7 Å². The number of aliphatic hydroxyl groups is 1. The average molecular weight is 284 g/mol. The maximum absolute atomic E-state index is 13.6. The molecule has 0 aliphatic rings. The molecular weight excluding hydrogens is 272 g/mol. The fourth-order valence-electron chi connectivity index (χ4n) is 1.91. The molecule has 1 unspecified atom stereocenters. The monoisotopic (exact) mass is 284 g/mol. The van der Waals surface area contributed by atoms with Gasteiger partial charge in [-0.1, -0.05) is 29.8 Å². The van der Waals surface area contributed by atoms with E-state index in [9.17, 15) is 22.7 Å². The van der Waals surface area contributed by atoms with Crippen LogP contribution in [0.1, 0.15) is 28.4 Å². The number of benzene rings is 2. The molecule has 1 N–H and O–H groups in total. The standard InChI is InChI=1S/C15H12F4O/c1-9-2-7-13(16)12(8-9)14(20)10-3-5-11(6-4-10)15(17,18)19/h2-8,14,20H,1H3. The van der Waals surface area contributed by atoms with Crippen molar-refractivity contribution >= 4 is 0 Å². The molecule has 0 spiro atoms. The summed E-state index contributed by atoms with van der Waals surface area (Å²) >= 11 is 0. The molecule has 0 fully saturated rings. The minimum Gasteiger partial charge on any atom is -0.384 e. The van der Waals surface area contributed by atoms with Crippen LogP contribution in [0.3, 0.4) is 0 Å². The molecular formula is C15H12F4O. The highest BCUT2D eigenvalue weighted by Gasteiger charge is 2.30. The van der Waals surface area contributed by atoms with Crippen LogP contribution in [0.25, 0.3) is 0 Å². The highest BCUT2D eigenvalue weighted by molar-refractivity contribution is 5.35. The summed E-state index contributed by atoms with van der Waals surface area (Å²) in [6.07, 6.45) is -5.73. The van der Waals surface area contributed by atoms with Gasteiger partial charge in [-0.25, -0.2) is 4.39 Å². The predicted molar refractivity (Wildman–Crippen MR) is 66.6 cm³/mol. The summed E-state index contributed by atoms with van der Waals surface area (Å²) in [4.78, 5) is 0. The van der Waals surface area contributed by atoms with E-state index >= 15 is 0 Å². The Morgan fingerprint density at radius 3 is 2.15 bits per heavy atom. The molecule has 106 valence electrons. The van der Waals surface area contributed by atoms with E-state index < -0.39 is 23.7 Å². The number of aryl methyl sites for hydroxylation is 1. The van der Waals surface area contributed by atoms with Gasteiger partial charge in [0.2, 0.25) is 0 Å². The number of hydrogen-bond donors (Lipinski definition) is 1. The summed E-state index contributed by atoms with van der Waals surface area (Å²) in [5.74, 6) is -0.594. The molecule has 2 aromatic carbocycles. The Kier molecular flexibility index (Phi) is 3.81. The first-order chi connectivity index (χ1) is 9.29. The zero-order valence-electron chi connectivity index (χ0n) is 10.6. The third-order valence-electron chi connectivity index (χ3n) is 3.00. The summed E-state index contributed by atoms with van der Waals surface area (Å²) in [5, 5.41) is 10.1. The molecule has 5 heteroatoms. The first-order valence-corrected chi connectivity index (χ1v) is 5.90. The van der Waals surface area contributed by atoms with E-state index in [0.29, 0.717) is 0 Å². The third kappa shape index (κ3) is 2.99. The van der Waals surface area contributed by atoms with Crippen LogP contribution in [0, 0.1) is 12.7 Å². The van der Waals surface area contributed by atoms with E-state index in [1.54, 1.807) is 13.0 Å². The summed E-state index contributed by atoms with van der Waals surface area (Å²) in [6.45, 7) is 1.74. The molecule has 0 radical (unpaired) electrons. The third-order valence-corrected chi connectivity index (χ3v) is 3.00. The average Bonchev–Trinajstić information content (AvgIpc) is 2.40. The lowest BCUT2D eigenvalue weighted by molar-refractivity contribution is -0.137. The highest BCUT2D eigenvalue weighted by Crippen LogP contribution is 2.31. The largest absolute Gasteiger partial charge is 0.416 e. The minimum absolute atomic E-state index is 0.0461. The Balaban J connectivity index is 2.34. The maximum atomic E-state index is 13.6. The van der Waals surface area contributed by atoms with Crippen molar-refractivity contribution in [1.29, 1.82) is 0 Å². The lowest BCUT2D eigenvalue weighted by Crippen LogP contribution is -2.07. The molecule has 0 saturated carbocycles. The van der Waals surface area contributed by atoms with E-state index in [1.807, 2.05) is 0 Å². The Morgan fingerprint density at radius 1 is 1.00 bits per heavy atom. The van der Waals surface area contributed by atoms with Gasteiger partial charge < -0.3 is 5.11 Å². The van der Waals surface area contributed by atoms with Gasteiger partial charge in [0, 0.05) is 5.56 Å². The SMILES string of the molecule is Cc1ccc(F)c(C(O)c2ccc(C(F)(F)F)cc2)c1. The van der Waals surface area contributed by atoms with Crippen molar-refractivity contribution in [3.8, 4) is 0 Å². The molecule has 2 aromatic rings. The molecule has 1 atom stereocenters. The Morgan fingerprint density at radius 2 is 1.60 bits per heavy atom. The molecule has 0 aromatic heterocycles. The molecule has 0 aliphatic heterocycles. The normalized spacial score (nSPS) is 13.3. The number of hydrogen-bond acceptors (Lipinski definition) is 1. The van der Waals surface area contributed by atoms with Crippen molar-refractivity contribution in [2.24, 2.45) is 0 Å². The van der Waals surface area contributed by atoms with Gasteiger partial charge in [0.1, 0.15) is 11.9 Å². The van der Waals surface area contributed by atoms with E-state index in [0.717, 1.165) is 29.8 Å². The summed E-state index contributed by atoms with van der Waals surface area (Å²) in [7, 11) is 0. The topological polar surface area (TPSA) is 20.2 Å². The molecule has 1 nitrogen and oxygen atoms in total. The van der Waals surface area contributed by atoms with Crippen molar-refractivity contribution in [1.82, 2.24) is 0 Å². The predicted octanol–water partition coefficient (Wildman–Crippen LogP) is 4.23. The first-order valence-electron chi connectivity index (χ1n) is 5.90. The fraction of sp³-hybridized carbons (Fsp3) is 0.200. The van der Waals surface area contributed by atoms with E-state index in [1.165, 1.54) is 12.1 Å². The van der Waals surface area contributed by atoms with Crippen LogP contribution in [-0.4, -0.2) is 5.11 Å². The summed E-state index contributed by atoms with van der Waals surface area (Å²) < 4.78 is 50.9. The summed E-state index contributed by atoms with van der Waals surface area (Å²) in [5.41, 5.74) is 0.206. The fourth-order valence-corrected chi connectivity index (χ4v) is 1.91. The first kappa shape index (κ1) is 14.5. The van der Waals surface area contributed by atoms with Gasteiger partial charge in [-0.3, -0.25) is 0 Å². The number of rotatable bonds is 2. The maximum Gasteiger partial charge on any atom is 0.416 e. The molecule has 20 heavy (non-hydrogen) atoms. The van der Waals surface area contributed by atoms with Crippen LogP contribution in [0.4, 0.5) is 17.6 Å². The smallest absolute Gasteiger partial charge is 0.384 e. The quantitative estimate of drug-likeness (QED) is 0.818. The number of aliphatic hydroxyl groups excluding tert-OH is 1. The van der Waals surface area contributed by atoms with Crippen molar-refractivity contribution in [2.45, 2.75) is 19.2 Å². The second-order valence-corrected chi connectivity index (χ2v) is 4.55. The van der Waals surface area contributed by atoms with E-state index in [-0.39, 0.29) is 11.1 Å². The molecule has 0 bridgehead atoms. The van der Waals surface area contributed by atoms with E-state index in [2.05, 4.69) is 0 Å². The lowest BCUT2D eigenvalue weighted by Gasteiger charge is -2.14. The van der Waals surface area contributed by atoms with Gasteiger partial charge in [0.25, 0.3) is 0 Å². The number of alkyl halides is 3. The number of halogens is 4. The van der Waals surface area contributed by atoms with Crippen molar-refractivity contribution in [3.63, 3.8) is 0 Å². The van der Waals surface area contributed by atoms with Crippen LogP contribution in [-0.2, 0) is 6.18 Å². The lowest BCUT2D eigenvalue weighted by atomic mass is 9.98. The molecule has 0 heterocycles. The van der Waals surface area contributed by atoms with Crippen LogP contribution >= 0.6 is 0 Å². The zero-order valence-corrected chi connectivity index (χ0v) is 10.6. The molecule has 0 saturated heterocycles. The van der Waals surface area contributed by atoms with Crippen LogP contribution in [0.5, 0.6) is 0 Å². The van der Waals surface area contributed by atoms with Crippen LogP contribution in [0.15, 0.2) is 42.5 Å². The van der Waals surface area contributed by atoms with Crippen LogP contribution in [0.2, 0.25) is 0 Å². The van der Waals surface area contributed by atoms with Gasteiger partial charge in [0.05, 0.1) is 5.56 Å². The van der Waals surface area contributed by atoms with Gasteiger partial charge in [-0.15, -0.1) is 0 Å². The van der Waals surface area contributed by atoms with Gasteiger partial charge in [0.15, 0.2) is 0 Å². The molecule has 0 aliphatic carbocycles. The Hall–Kier alpha value is -1.88. The Bertz CT molecular complexity index is 602. The minimum atomic E-state index is -4.43. The molecule has 0 amide bonds. The highest BCUT2D eigenvalue weighted by atomic mass is 19.4. The van der Waals surface area contributed by atoms with E-state index in [4.69, 9.17) is 0 Å². The molecule has 2 rings (SSSR count).